The van der Waals surface area contributed by atoms with Gasteiger partial charge in [-0.15, -0.1) is 11.8 Å². The Morgan fingerprint density at radius 1 is 1.04 bits per heavy atom. The minimum atomic E-state index is -0.147. The van der Waals surface area contributed by atoms with Gasteiger partial charge in [0.2, 0.25) is 5.91 Å². The number of hydrazone groups is 1. The Labute approximate surface area is 149 Å². The highest BCUT2D eigenvalue weighted by atomic mass is 35.5. The van der Waals surface area contributed by atoms with Crippen molar-refractivity contribution in [3.8, 4) is 0 Å². The SMILES string of the molecule is O=C(CSc1ccc(Cl)cc1)NN=Cc1cccc2ccccc12. The number of thioether (sulfide) groups is 1. The minimum absolute atomic E-state index is 0.147. The van der Waals surface area contributed by atoms with Gasteiger partial charge in [-0.1, -0.05) is 54.1 Å². The Morgan fingerprint density at radius 2 is 1.79 bits per heavy atom. The molecule has 0 heterocycles. The van der Waals surface area contributed by atoms with Crippen molar-refractivity contribution in [1.82, 2.24) is 5.43 Å². The Bertz CT molecular complexity index is 873. The molecule has 1 N–H and O–H groups in total. The van der Waals surface area contributed by atoms with E-state index < -0.39 is 0 Å². The molecule has 0 unspecified atom stereocenters. The van der Waals surface area contributed by atoms with E-state index >= 15 is 0 Å². The molecule has 3 nitrogen and oxygen atoms in total. The predicted molar refractivity (Wildman–Crippen MR) is 102 cm³/mol. The van der Waals surface area contributed by atoms with Crippen molar-refractivity contribution >= 4 is 46.3 Å². The fourth-order valence-corrected chi connectivity index (χ4v) is 3.07. The van der Waals surface area contributed by atoms with Crippen molar-refractivity contribution in [3.63, 3.8) is 0 Å². The van der Waals surface area contributed by atoms with Crippen LogP contribution in [0.5, 0.6) is 0 Å². The highest BCUT2D eigenvalue weighted by Gasteiger charge is 2.02. The molecule has 0 spiro atoms. The normalized spacial score (nSPS) is 11.0. The third-order valence-electron chi connectivity index (χ3n) is 3.40. The lowest BCUT2D eigenvalue weighted by Gasteiger charge is -2.02. The molecule has 24 heavy (non-hydrogen) atoms. The Kier molecular flexibility index (Phi) is 5.51. The number of nitrogens with zero attached hydrogens (tertiary/aromatic N) is 1. The second kappa shape index (κ2) is 7.99. The van der Waals surface area contributed by atoms with E-state index in [2.05, 4.69) is 10.5 Å². The van der Waals surface area contributed by atoms with Crippen LogP contribution in [0.15, 0.2) is 76.7 Å². The summed E-state index contributed by atoms with van der Waals surface area (Å²) in [6, 6.07) is 21.5. The van der Waals surface area contributed by atoms with Gasteiger partial charge in [0.25, 0.3) is 0 Å². The average Bonchev–Trinajstić information content (AvgIpc) is 2.61. The van der Waals surface area contributed by atoms with E-state index in [1.807, 2.05) is 54.6 Å². The third-order valence-corrected chi connectivity index (χ3v) is 4.66. The fourth-order valence-electron chi connectivity index (χ4n) is 2.25. The number of carbonyl (C=O) groups is 1. The molecule has 0 aliphatic heterocycles. The van der Waals surface area contributed by atoms with E-state index in [9.17, 15) is 4.79 Å². The van der Waals surface area contributed by atoms with Crippen LogP contribution in [0.4, 0.5) is 0 Å². The molecular formula is C19H15ClN2OS. The highest BCUT2D eigenvalue weighted by molar-refractivity contribution is 8.00. The van der Waals surface area contributed by atoms with E-state index in [-0.39, 0.29) is 5.91 Å². The van der Waals surface area contributed by atoms with Gasteiger partial charge in [-0.05, 0) is 35.0 Å². The molecule has 3 rings (SSSR count). The van der Waals surface area contributed by atoms with Crippen LogP contribution in [0.1, 0.15) is 5.56 Å². The summed E-state index contributed by atoms with van der Waals surface area (Å²) in [5.74, 6) is 0.153. The van der Waals surface area contributed by atoms with Gasteiger partial charge in [0.1, 0.15) is 0 Å². The minimum Gasteiger partial charge on any atom is -0.272 e. The van der Waals surface area contributed by atoms with Crippen LogP contribution in [-0.2, 0) is 4.79 Å². The van der Waals surface area contributed by atoms with Crippen molar-refractivity contribution in [2.45, 2.75) is 4.90 Å². The summed E-state index contributed by atoms with van der Waals surface area (Å²) in [5.41, 5.74) is 3.53. The summed E-state index contributed by atoms with van der Waals surface area (Å²) >= 11 is 7.28. The van der Waals surface area contributed by atoms with Gasteiger partial charge < -0.3 is 0 Å². The topological polar surface area (TPSA) is 41.5 Å². The van der Waals surface area contributed by atoms with Crippen molar-refractivity contribution in [1.29, 1.82) is 0 Å². The molecule has 5 heteroatoms. The summed E-state index contributed by atoms with van der Waals surface area (Å²) in [5, 5.41) is 6.99. The molecule has 0 saturated carbocycles. The first-order chi connectivity index (χ1) is 11.7. The van der Waals surface area contributed by atoms with Gasteiger partial charge in [-0.25, -0.2) is 5.43 Å². The summed E-state index contributed by atoms with van der Waals surface area (Å²) in [4.78, 5) is 12.9. The zero-order valence-electron chi connectivity index (χ0n) is 12.8. The van der Waals surface area contributed by atoms with E-state index in [4.69, 9.17) is 11.6 Å². The van der Waals surface area contributed by atoms with Crippen molar-refractivity contribution in [2.75, 3.05) is 5.75 Å². The largest absolute Gasteiger partial charge is 0.272 e. The van der Waals surface area contributed by atoms with Crippen LogP contribution < -0.4 is 5.43 Å². The predicted octanol–water partition coefficient (Wildman–Crippen LogP) is 4.74. The lowest BCUT2D eigenvalue weighted by atomic mass is 10.1. The maximum absolute atomic E-state index is 11.9. The number of hydrogen-bond donors (Lipinski definition) is 1. The number of nitrogens with one attached hydrogen (secondary N) is 1. The molecule has 3 aromatic carbocycles. The zero-order chi connectivity index (χ0) is 16.8. The van der Waals surface area contributed by atoms with Gasteiger partial charge >= 0.3 is 0 Å². The number of amides is 1. The lowest BCUT2D eigenvalue weighted by molar-refractivity contribution is -0.118. The summed E-state index contributed by atoms with van der Waals surface area (Å²) in [6.07, 6.45) is 1.67. The Hall–Kier alpha value is -2.30. The monoisotopic (exact) mass is 354 g/mol. The number of carbonyl (C=O) groups excluding carboxylic acids is 1. The standard InChI is InChI=1S/C19H15ClN2OS/c20-16-8-10-17(11-9-16)24-13-19(23)22-21-12-15-6-3-5-14-4-1-2-7-18(14)15/h1-12H,13H2,(H,22,23). The first-order valence-corrected chi connectivity index (χ1v) is 8.77. The lowest BCUT2D eigenvalue weighted by Crippen LogP contribution is -2.19. The first-order valence-electron chi connectivity index (χ1n) is 7.40. The van der Waals surface area contributed by atoms with E-state index in [0.717, 1.165) is 21.2 Å². The molecule has 0 aliphatic rings. The Morgan fingerprint density at radius 3 is 2.62 bits per heavy atom. The third kappa shape index (κ3) is 4.37. The summed E-state index contributed by atoms with van der Waals surface area (Å²) < 4.78 is 0. The second-order valence-corrected chi connectivity index (χ2v) is 6.59. The van der Waals surface area contributed by atoms with E-state index in [0.29, 0.717) is 10.8 Å². The number of fused-ring (bicyclic) bond motifs is 1. The summed E-state index contributed by atoms with van der Waals surface area (Å²) in [6.45, 7) is 0. The maximum Gasteiger partial charge on any atom is 0.250 e. The van der Waals surface area contributed by atoms with E-state index in [1.165, 1.54) is 11.8 Å². The van der Waals surface area contributed by atoms with E-state index in [1.54, 1.807) is 18.3 Å². The van der Waals surface area contributed by atoms with Crippen LogP contribution in [0.3, 0.4) is 0 Å². The van der Waals surface area contributed by atoms with Crippen LogP contribution >= 0.6 is 23.4 Å². The molecule has 3 aromatic rings. The number of hydrogen-bond acceptors (Lipinski definition) is 3. The number of halogens is 1. The van der Waals surface area contributed by atoms with Crippen LogP contribution in [0.25, 0.3) is 10.8 Å². The van der Waals surface area contributed by atoms with Crippen molar-refractivity contribution in [3.05, 3.63) is 77.3 Å². The Balaban J connectivity index is 1.57. The number of rotatable bonds is 5. The average molecular weight is 355 g/mol. The quantitative estimate of drug-likeness (QED) is 0.408. The van der Waals surface area contributed by atoms with Gasteiger partial charge in [0.15, 0.2) is 0 Å². The highest BCUT2D eigenvalue weighted by Crippen LogP contribution is 2.20. The van der Waals surface area contributed by atoms with Gasteiger partial charge in [-0.2, -0.15) is 5.10 Å². The zero-order valence-corrected chi connectivity index (χ0v) is 14.3. The molecule has 0 saturated heterocycles. The molecule has 0 aliphatic carbocycles. The molecule has 0 atom stereocenters. The molecule has 120 valence electrons. The van der Waals surface area contributed by atoms with Crippen molar-refractivity contribution < 1.29 is 4.79 Å². The molecule has 1 amide bonds. The van der Waals surface area contributed by atoms with Gasteiger partial charge in [0, 0.05) is 15.5 Å². The van der Waals surface area contributed by atoms with Crippen LogP contribution in [-0.4, -0.2) is 17.9 Å². The second-order valence-electron chi connectivity index (χ2n) is 5.10. The van der Waals surface area contributed by atoms with Gasteiger partial charge in [0.05, 0.1) is 12.0 Å². The fraction of sp³-hybridized carbons (Fsp3) is 0.0526. The summed E-state index contributed by atoms with van der Waals surface area (Å²) in [7, 11) is 0. The molecular weight excluding hydrogens is 340 g/mol. The van der Waals surface area contributed by atoms with Crippen LogP contribution in [0.2, 0.25) is 5.02 Å². The maximum atomic E-state index is 11.9. The smallest absolute Gasteiger partial charge is 0.250 e. The molecule has 0 radical (unpaired) electrons. The molecule has 0 aromatic heterocycles. The van der Waals surface area contributed by atoms with Crippen LogP contribution in [0, 0.1) is 0 Å². The molecule has 0 fully saturated rings. The van der Waals surface area contributed by atoms with Gasteiger partial charge in [-0.3, -0.25) is 4.79 Å². The van der Waals surface area contributed by atoms with Crippen molar-refractivity contribution in [2.24, 2.45) is 5.10 Å². The first kappa shape index (κ1) is 16.6. The molecule has 0 bridgehead atoms. The number of benzene rings is 3.